The van der Waals surface area contributed by atoms with Crippen molar-refractivity contribution in [3.8, 4) is 0 Å². The van der Waals surface area contributed by atoms with Gasteiger partial charge in [-0.05, 0) is 64.2 Å². The number of aromatic nitrogens is 4. The number of carbonyl (C=O) groups excluding carboxylic acids is 1. The largest absolute Gasteiger partial charge is 0.359 e. The van der Waals surface area contributed by atoms with Gasteiger partial charge in [0, 0.05) is 43.6 Å². The molecule has 1 aliphatic carbocycles. The minimum Gasteiger partial charge on any atom is -0.359 e. The Hall–Kier alpha value is -3.17. The molecular formula is C31H34ClF2N5O2. The zero-order valence-electron chi connectivity index (χ0n) is 23.8. The van der Waals surface area contributed by atoms with Crippen molar-refractivity contribution in [3.05, 3.63) is 87.7 Å². The lowest BCUT2D eigenvalue weighted by molar-refractivity contribution is -0.152. The maximum Gasteiger partial charge on any atom is 0.226 e. The van der Waals surface area contributed by atoms with Crippen LogP contribution in [0.1, 0.15) is 79.9 Å². The second-order valence-corrected chi connectivity index (χ2v) is 12.7. The molecule has 7 nitrogen and oxygen atoms in total. The van der Waals surface area contributed by atoms with Crippen LogP contribution in [0.15, 0.2) is 42.7 Å². The number of carbonyl (C=O) groups is 1. The van der Waals surface area contributed by atoms with Crippen LogP contribution in [0.3, 0.4) is 0 Å². The van der Waals surface area contributed by atoms with E-state index in [0.717, 1.165) is 34.4 Å². The standard InChI is InChI=1S/C31H34ClF2N5O2/c1-17-12-21(20-7-6-19(33)14-25(20)34)22(13-17)28(40)39-10-8-31(9-11-39)26-23(15-24(32)18(2)37-26)27(41-31)30(3,4)29-35-16-36-38(29)5/h6-7,14-16,21-22,27H,1,8-13H2,2-5H3/t21-,22+,27-/m0/s1. The number of fused-ring (bicyclic) bond motifs is 2. The molecule has 2 aromatic heterocycles. The zero-order valence-corrected chi connectivity index (χ0v) is 24.5. The third-order valence-electron chi connectivity index (χ3n) is 9.25. The van der Waals surface area contributed by atoms with Crippen LogP contribution in [0.5, 0.6) is 0 Å². The van der Waals surface area contributed by atoms with E-state index < -0.39 is 28.6 Å². The molecule has 6 rings (SSSR count). The Morgan fingerprint density at radius 3 is 2.56 bits per heavy atom. The van der Waals surface area contributed by atoms with E-state index in [-0.39, 0.29) is 17.9 Å². The van der Waals surface area contributed by atoms with Crippen molar-refractivity contribution in [1.82, 2.24) is 24.6 Å². The van der Waals surface area contributed by atoms with Gasteiger partial charge in [0.25, 0.3) is 0 Å². The number of hydrogen-bond donors (Lipinski definition) is 0. The van der Waals surface area contributed by atoms with Gasteiger partial charge in [-0.3, -0.25) is 14.5 Å². The molecule has 2 aliphatic heterocycles. The minimum absolute atomic E-state index is 0.0262. The average Bonchev–Trinajstić information content (AvgIpc) is 3.61. The van der Waals surface area contributed by atoms with Gasteiger partial charge in [-0.2, -0.15) is 5.10 Å². The molecule has 41 heavy (non-hydrogen) atoms. The Morgan fingerprint density at radius 1 is 1.17 bits per heavy atom. The monoisotopic (exact) mass is 581 g/mol. The third-order valence-corrected chi connectivity index (χ3v) is 9.63. The topological polar surface area (TPSA) is 73.1 Å². The van der Waals surface area contributed by atoms with Crippen molar-refractivity contribution in [2.24, 2.45) is 13.0 Å². The number of benzene rings is 1. The van der Waals surface area contributed by atoms with E-state index in [2.05, 4.69) is 30.5 Å². The van der Waals surface area contributed by atoms with Gasteiger partial charge in [0.05, 0.1) is 27.9 Å². The number of rotatable bonds is 4. The summed E-state index contributed by atoms with van der Waals surface area (Å²) >= 11 is 6.57. The second-order valence-electron chi connectivity index (χ2n) is 12.3. The van der Waals surface area contributed by atoms with Crippen LogP contribution in [-0.4, -0.2) is 43.6 Å². The van der Waals surface area contributed by atoms with E-state index in [1.54, 1.807) is 4.68 Å². The molecule has 216 valence electrons. The summed E-state index contributed by atoms with van der Waals surface area (Å²) < 4.78 is 37.0. The number of likely N-dealkylation sites (tertiary alicyclic amines) is 1. The summed E-state index contributed by atoms with van der Waals surface area (Å²) in [6.45, 7) is 11.1. The van der Waals surface area contributed by atoms with Crippen molar-refractivity contribution < 1.29 is 18.3 Å². The number of allylic oxidation sites excluding steroid dienone is 1. The molecular weight excluding hydrogens is 548 g/mol. The van der Waals surface area contributed by atoms with Crippen LogP contribution in [-0.2, 0) is 27.6 Å². The van der Waals surface area contributed by atoms with Crippen LogP contribution >= 0.6 is 11.6 Å². The number of nitrogens with zero attached hydrogens (tertiary/aromatic N) is 5. The predicted molar refractivity (Wildman–Crippen MR) is 150 cm³/mol. The third kappa shape index (κ3) is 4.57. The molecule has 1 saturated heterocycles. The first kappa shape index (κ1) is 28.0. The molecule has 0 radical (unpaired) electrons. The Morgan fingerprint density at radius 2 is 1.90 bits per heavy atom. The van der Waals surface area contributed by atoms with Gasteiger partial charge in [-0.25, -0.2) is 13.8 Å². The number of piperidine rings is 1. The Kier molecular flexibility index (Phi) is 6.81. The normalized spacial score (nSPS) is 23.8. The highest BCUT2D eigenvalue weighted by molar-refractivity contribution is 6.31. The fraction of sp³-hybridized carbons (Fsp3) is 0.484. The number of halogens is 3. The summed E-state index contributed by atoms with van der Waals surface area (Å²) in [4.78, 5) is 25.2. The molecule has 10 heteroatoms. The summed E-state index contributed by atoms with van der Waals surface area (Å²) in [7, 11) is 1.86. The summed E-state index contributed by atoms with van der Waals surface area (Å²) in [5.74, 6) is -1.28. The molecule has 1 aromatic carbocycles. The van der Waals surface area contributed by atoms with E-state index in [0.29, 0.717) is 49.4 Å². The molecule has 3 aliphatic rings. The Bertz CT molecular complexity index is 1550. The first-order valence-electron chi connectivity index (χ1n) is 14.0. The summed E-state index contributed by atoms with van der Waals surface area (Å²) in [5, 5.41) is 4.85. The second kappa shape index (κ2) is 9.98. The molecule has 1 amide bonds. The smallest absolute Gasteiger partial charge is 0.226 e. The molecule has 0 N–H and O–H groups in total. The summed E-state index contributed by atoms with van der Waals surface area (Å²) in [6, 6.07) is 5.56. The minimum atomic E-state index is -0.677. The lowest BCUT2D eigenvalue weighted by Crippen LogP contribution is -2.48. The highest BCUT2D eigenvalue weighted by Crippen LogP contribution is 2.55. The highest BCUT2D eigenvalue weighted by Gasteiger charge is 2.54. The molecule has 0 unspecified atom stereocenters. The summed E-state index contributed by atoms with van der Waals surface area (Å²) in [6.07, 6.45) is 3.31. The Labute approximate surface area is 243 Å². The highest BCUT2D eigenvalue weighted by atomic mass is 35.5. The van der Waals surface area contributed by atoms with Crippen LogP contribution in [0, 0.1) is 24.5 Å². The number of aryl methyl sites for hydroxylation is 2. The molecule has 1 saturated carbocycles. The average molecular weight is 582 g/mol. The zero-order chi connectivity index (χ0) is 29.3. The number of ether oxygens (including phenoxy) is 1. The van der Waals surface area contributed by atoms with E-state index in [9.17, 15) is 13.6 Å². The lowest BCUT2D eigenvalue weighted by Gasteiger charge is -2.41. The summed E-state index contributed by atoms with van der Waals surface area (Å²) in [5.41, 5.74) is 2.61. The maximum absolute atomic E-state index is 14.7. The molecule has 4 heterocycles. The van der Waals surface area contributed by atoms with Gasteiger partial charge in [0.1, 0.15) is 29.4 Å². The van der Waals surface area contributed by atoms with Crippen molar-refractivity contribution in [2.75, 3.05) is 13.1 Å². The SMILES string of the molecule is C=C1C[C@@H](C(=O)N2CCC3(CC2)O[C@H](C(C)(C)c2ncnn2C)c2cc(Cl)c(C)nc23)[C@H](c2ccc(F)cc2F)C1. The first-order chi connectivity index (χ1) is 19.4. The predicted octanol–water partition coefficient (Wildman–Crippen LogP) is 6.07. The van der Waals surface area contributed by atoms with E-state index in [4.69, 9.17) is 21.3 Å². The van der Waals surface area contributed by atoms with Crippen LogP contribution < -0.4 is 0 Å². The quantitative estimate of drug-likeness (QED) is 0.350. The van der Waals surface area contributed by atoms with Gasteiger partial charge in [-0.15, -0.1) is 0 Å². The molecule has 0 bridgehead atoms. The number of amides is 1. The lowest BCUT2D eigenvalue weighted by atomic mass is 9.80. The van der Waals surface area contributed by atoms with E-state index in [1.165, 1.54) is 18.5 Å². The van der Waals surface area contributed by atoms with Crippen LogP contribution in [0.4, 0.5) is 8.78 Å². The van der Waals surface area contributed by atoms with Crippen LogP contribution in [0.25, 0.3) is 0 Å². The molecule has 1 spiro atoms. The Balaban J connectivity index is 1.27. The van der Waals surface area contributed by atoms with Crippen molar-refractivity contribution in [2.45, 2.75) is 69.5 Å². The van der Waals surface area contributed by atoms with E-state index in [1.807, 2.05) is 24.9 Å². The number of pyridine rings is 1. The molecule has 3 aromatic rings. The van der Waals surface area contributed by atoms with Crippen molar-refractivity contribution in [3.63, 3.8) is 0 Å². The van der Waals surface area contributed by atoms with Gasteiger partial charge in [-0.1, -0.05) is 29.8 Å². The van der Waals surface area contributed by atoms with Gasteiger partial charge < -0.3 is 9.64 Å². The first-order valence-corrected chi connectivity index (χ1v) is 14.4. The molecule has 3 atom stereocenters. The maximum atomic E-state index is 14.7. The van der Waals surface area contributed by atoms with Crippen LogP contribution in [0.2, 0.25) is 5.02 Å². The molecule has 2 fully saturated rings. The van der Waals surface area contributed by atoms with Crippen molar-refractivity contribution in [1.29, 1.82) is 0 Å². The van der Waals surface area contributed by atoms with Gasteiger partial charge in [0.15, 0.2) is 0 Å². The van der Waals surface area contributed by atoms with E-state index >= 15 is 0 Å². The number of hydrogen-bond acceptors (Lipinski definition) is 5. The fourth-order valence-corrected chi connectivity index (χ4v) is 7.25. The fourth-order valence-electron chi connectivity index (χ4n) is 7.09. The van der Waals surface area contributed by atoms with Crippen molar-refractivity contribution >= 4 is 17.5 Å². The van der Waals surface area contributed by atoms with Gasteiger partial charge in [0.2, 0.25) is 5.91 Å². The van der Waals surface area contributed by atoms with Gasteiger partial charge >= 0.3 is 0 Å².